The van der Waals surface area contributed by atoms with Crippen molar-refractivity contribution in [2.24, 2.45) is 0 Å². The first-order chi connectivity index (χ1) is 14.8. The standard InChI is InChI=1S/C20H16F4N4O3/c21-12-4-1-10(2-5-12)18(30)26-16(9-29)19-27-17(28-31-19)14-8-25-15-6-3-11(7-13(14)15)20(22,23)24/h1-8,16,18,25-26,29-30H,9H2/t16-,18?/m0/s1. The number of aromatic nitrogens is 3. The number of aromatic amines is 1. The van der Waals surface area contributed by atoms with Gasteiger partial charge in [0.15, 0.2) is 0 Å². The second kappa shape index (κ2) is 8.10. The lowest BCUT2D eigenvalue weighted by Crippen LogP contribution is -2.29. The summed E-state index contributed by atoms with van der Waals surface area (Å²) in [5.41, 5.74) is 0.266. The molecule has 0 fully saturated rings. The number of fused-ring (bicyclic) bond motifs is 1. The fraction of sp³-hybridized carbons (Fsp3) is 0.200. The summed E-state index contributed by atoms with van der Waals surface area (Å²) in [4.78, 5) is 7.01. The maximum absolute atomic E-state index is 13.1. The molecule has 1 unspecified atom stereocenters. The van der Waals surface area contributed by atoms with Crippen LogP contribution in [0.3, 0.4) is 0 Å². The lowest BCUT2D eigenvalue weighted by atomic mass is 10.1. The maximum Gasteiger partial charge on any atom is 0.416 e. The molecular formula is C20H16F4N4O3. The number of aliphatic hydroxyl groups excluding tert-OH is 2. The van der Waals surface area contributed by atoms with Gasteiger partial charge < -0.3 is 19.7 Å². The van der Waals surface area contributed by atoms with Crippen LogP contribution < -0.4 is 5.32 Å². The number of hydrogen-bond acceptors (Lipinski definition) is 6. The van der Waals surface area contributed by atoms with Gasteiger partial charge in [0, 0.05) is 22.7 Å². The molecule has 0 radical (unpaired) electrons. The second-order valence-electron chi connectivity index (χ2n) is 6.77. The fourth-order valence-corrected chi connectivity index (χ4v) is 3.10. The van der Waals surface area contributed by atoms with Gasteiger partial charge in [-0.15, -0.1) is 0 Å². The number of benzene rings is 2. The number of aliphatic hydroxyl groups is 2. The first kappa shape index (κ1) is 21.0. The Kier molecular flexibility index (Phi) is 5.48. The van der Waals surface area contributed by atoms with Crippen LogP contribution in [0.5, 0.6) is 0 Å². The minimum absolute atomic E-state index is 0.0112. The summed E-state index contributed by atoms with van der Waals surface area (Å²) in [6.45, 7) is -0.522. The number of H-pyrrole nitrogens is 1. The molecule has 2 aromatic heterocycles. The Balaban J connectivity index is 1.60. The van der Waals surface area contributed by atoms with Gasteiger partial charge in [0.1, 0.15) is 18.1 Å². The Hall–Kier alpha value is -3.28. The molecule has 4 rings (SSSR count). The zero-order valence-electron chi connectivity index (χ0n) is 15.7. The van der Waals surface area contributed by atoms with Crippen molar-refractivity contribution in [1.82, 2.24) is 20.4 Å². The van der Waals surface area contributed by atoms with Crippen LogP contribution in [-0.2, 0) is 6.18 Å². The first-order valence-electron chi connectivity index (χ1n) is 9.09. The third kappa shape index (κ3) is 4.29. The first-order valence-corrected chi connectivity index (χ1v) is 9.09. The highest BCUT2D eigenvalue weighted by Crippen LogP contribution is 2.34. The van der Waals surface area contributed by atoms with Gasteiger partial charge in [0.2, 0.25) is 11.7 Å². The average Bonchev–Trinajstić information content (AvgIpc) is 3.38. The Labute approximate surface area is 172 Å². The zero-order valence-corrected chi connectivity index (χ0v) is 15.7. The lowest BCUT2D eigenvalue weighted by molar-refractivity contribution is -0.137. The van der Waals surface area contributed by atoms with E-state index in [1.54, 1.807) is 0 Å². The summed E-state index contributed by atoms with van der Waals surface area (Å²) in [5, 5.41) is 26.6. The molecule has 162 valence electrons. The minimum Gasteiger partial charge on any atom is -0.394 e. The summed E-state index contributed by atoms with van der Waals surface area (Å²) in [6.07, 6.45) is -4.32. The molecule has 2 heterocycles. The minimum atomic E-state index is -4.51. The Morgan fingerprint density at radius 1 is 1.13 bits per heavy atom. The SMILES string of the molecule is OC[C@H](NC(O)c1ccc(F)cc1)c1nc(-c2c[nH]c3ccc(C(F)(F)F)cc23)no1. The van der Waals surface area contributed by atoms with Gasteiger partial charge in [-0.05, 0) is 35.9 Å². The molecular weight excluding hydrogens is 420 g/mol. The highest BCUT2D eigenvalue weighted by Gasteiger charge is 2.31. The molecule has 31 heavy (non-hydrogen) atoms. The molecule has 0 aliphatic heterocycles. The van der Waals surface area contributed by atoms with Crippen molar-refractivity contribution in [3.8, 4) is 11.4 Å². The highest BCUT2D eigenvalue weighted by molar-refractivity contribution is 5.94. The summed E-state index contributed by atoms with van der Waals surface area (Å²) < 4.78 is 57.4. The molecule has 0 aliphatic rings. The molecule has 11 heteroatoms. The van der Waals surface area contributed by atoms with Gasteiger partial charge in [-0.25, -0.2) is 4.39 Å². The maximum atomic E-state index is 13.1. The normalized spacial score (nSPS) is 14.1. The van der Waals surface area contributed by atoms with Gasteiger partial charge in [-0.2, -0.15) is 18.2 Å². The lowest BCUT2D eigenvalue weighted by Gasteiger charge is -2.18. The molecule has 0 saturated carbocycles. The van der Waals surface area contributed by atoms with Crippen molar-refractivity contribution in [3.63, 3.8) is 0 Å². The van der Waals surface area contributed by atoms with E-state index < -0.39 is 36.4 Å². The van der Waals surface area contributed by atoms with Crippen LogP contribution in [0.1, 0.15) is 29.3 Å². The summed E-state index contributed by atoms with van der Waals surface area (Å²) in [7, 11) is 0. The molecule has 2 aromatic carbocycles. The van der Waals surface area contributed by atoms with E-state index in [0.717, 1.165) is 12.1 Å². The van der Waals surface area contributed by atoms with Crippen LogP contribution in [0.15, 0.2) is 53.2 Å². The quantitative estimate of drug-likeness (QED) is 0.271. The number of nitrogens with zero attached hydrogens (tertiary/aromatic N) is 2. The largest absolute Gasteiger partial charge is 0.416 e. The molecule has 0 bridgehead atoms. The van der Waals surface area contributed by atoms with E-state index in [1.807, 2.05) is 0 Å². The van der Waals surface area contributed by atoms with E-state index in [2.05, 4.69) is 20.4 Å². The molecule has 7 nitrogen and oxygen atoms in total. The van der Waals surface area contributed by atoms with Crippen molar-refractivity contribution < 1.29 is 32.3 Å². The van der Waals surface area contributed by atoms with Crippen LogP contribution in [0.25, 0.3) is 22.3 Å². The predicted molar refractivity (Wildman–Crippen MR) is 101 cm³/mol. The Morgan fingerprint density at radius 2 is 1.87 bits per heavy atom. The average molecular weight is 436 g/mol. The third-order valence-electron chi connectivity index (χ3n) is 4.72. The number of nitrogens with one attached hydrogen (secondary N) is 2. The molecule has 4 aromatic rings. The van der Waals surface area contributed by atoms with Gasteiger partial charge >= 0.3 is 6.18 Å². The predicted octanol–water partition coefficient (Wildman–Crippen LogP) is 3.69. The third-order valence-corrected chi connectivity index (χ3v) is 4.72. The smallest absolute Gasteiger partial charge is 0.394 e. The van der Waals surface area contributed by atoms with Crippen LogP contribution in [0.4, 0.5) is 17.6 Å². The fourth-order valence-electron chi connectivity index (χ4n) is 3.10. The zero-order chi connectivity index (χ0) is 22.2. The molecule has 0 aliphatic carbocycles. The van der Waals surface area contributed by atoms with Crippen LogP contribution >= 0.6 is 0 Å². The van der Waals surface area contributed by atoms with Crippen molar-refractivity contribution in [2.75, 3.05) is 6.61 Å². The summed E-state index contributed by atoms with van der Waals surface area (Å²) >= 11 is 0. The summed E-state index contributed by atoms with van der Waals surface area (Å²) in [5.74, 6) is -0.541. The topological polar surface area (TPSA) is 107 Å². The van der Waals surface area contributed by atoms with E-state index in [9.17, 15) is 27.8 Å². The van der Waals surface area contributed by atoms with E-state index in [-0.39, 0.29) is 22.7 Å². The van der Waals surface area contributed by atoms with E-state index in [1.165, 1.54) is 36.5 Å². The van der Waals surface area contributed by atoms with Crippen molar-refractivity contribution in [2.45, 2.75) is 18.4 Å². The number of halogens is 4. The van der Waals surface area contributed by atoms with Crippen LogP contribution in [-0.4, -0.2) is 31.9 Å². The van der Waals surface area contributed by atoms with Crippen LogP contribution in [0, 0.1) is 5.82 Å². The van der Waals surface area contributed by atoms with Crippen molar-refractivity contribution in [3.05, 3.63) is 71.5 Å². The van der Waals surface area contributed by atoms with E-state index in [4.69, 9.17) is 4.52 Å². The molecule has 0 spiro atoms. The summed E-state index contributed by atoms with van der Waals surface area (Å²) in [6, 6.07) is 7.35. The molecule has 0 amide bonds. The molecule has 0 saturated heterocycles. The van der Waals surface area contributed by atoms with E-state index in [0.29, 0.717) is 11.1 Å². The number of alkyl halides is 3. The van der Waals surface area contributed by atoms with Crippen LogP contribution in [0.2, 0.25) is 0 Å². The number of rotatable bonds is 6. The number of hydrogen-bond donors (Lipinski definition) is 4. The highest BCUT2D eigenvalue weighted by atomic mass is 19.4. The van der Waals surface area contributed by atoms with Gasteiger partial charge in [0.25, 0.3) is 0 Å². The van der Waals surface area contributed by atoms with Crippen molar-refractivity contribution >= 4 is 10.9 Å². The molecule has 2 atom stereocenters. The Morgan fingerprint density at radius 3 is 2.55 bits per heavy atom. The monoisotopic (exact) mass is 436 g/mol. The van der Waals surface area contributed by atoms with E-state index >= 15 is 0 Å². The van der Waals surface area contributed by atoms with Gasteiger partial charge in [-0.3, -0.25) is 5.32 Å². The van der Waals surface area contributed by atoms with Crippen molar-refractivity contribution in [1.29, 1.82) is 0 Å². The second-order valence-corrected chi connectivity index (χ2v) is 6.77. The molecule has 4 N–H and O–H groups in total. The van der Waals surface area contributed by atoms with Gasteiger partial charge in [0.05, 0.1) is 12.2 Å². The van der Waals surface area contributed by atoms with Gasteiger partial charge in [-0.1, -0.05) is 17.3 Å². The Bertz CT molecular complexity index is 1190.